The van der Waals surface area contributed by atoms with E-state index in [9.17, 15) is 18.0 Å². The average molecular weight is 273 g/mol. The minimum atomic E-state index is -4.37. The summed E-state index contributed by atoms with van der Waals surface area (Å²) >= 11 is 0. The average Bonchev–Trinajstić information content (AvgIpc) is 2.32. The number of benzene rings is 1. The maximum atomic E-state index is 12.5. The minimum Gasteiger partial charge on any atom is -0.330 e. The van der Waals surface area contributed by atoms with Crippen molar-refractivity contribution in [1.29, 1.82) is 0 Å². The van der Waals surface area contributed by atoms with Crippen LogP contribution in [0.1, 0.15) is 35.7 Å². The van der Waals surface area contributed by atoms with Gasteiger partial charge in [0.15, 0.2) is 0 Å². The maximum absolute atomic E-state index is 12.5. The Kier molecular flexibility index (Phi) is 5.39. The molecule has 5 heteroatoms. The zero-order valence-electron chi connectivity index (χ0n) is 11.1. The molecule has 0 spiro atoms. The molecule has 2 nitrogen and oxygen atoms in total. The van der Waals surface area contributed by atoms with E-state index >= 15 is 0 Å². The molecule has 0 N–H and O–H groups in total. The van der Waals surface area contributed by atoms with Crippen LogP contribution in [-0.2, 0) is 0 Å². The van der Waals surface area contributed by atoms with E-state index in [0.717, 1.165) is 16.9 Å². The third-order valence-electron chi connectivity index (χ3n) is 2.70. The Balaban J connectivity index is 2.87. The van der Waals surface area contributed by atoms with Gasteiger partial charge in [0.05, 0.1) is 0 Å². The standard InChI is InChI=1S/C14H18F3NO/c1-3-4-8-18(10-14(15,16)17)13(19)12-7-5-6-11(2)9-12/h5-7,9H,3-4,8,10H2,1-2H3. The lowest BCUT2D eigenvalue weighted by Crippen LogP contribution is -2.39. The van der Waals surface area contributed by atoms with Crippen LogP contribution in [0.3, 0.4) is 0 Å². The third-order valence-corrected chi connectivity index (χ3v) is 2.70. The van der Waals surface area contributed by atoms with E-state index in [4.69, 9.17) is 0 Å². The first-order valence-electron chi connectivity index (χ1n) is 6.26. The van der Waals surface area contributed by atoms with E-state index in [1.807, 2.05) is 6.92 Å². The summed E-state index contributed by atoms with van der Waals surface area (Å²) in [4.78, 5) is 13.0. The van der Waals surface area contributed by atoms with Crippen molar-refractivity contribution in [2.45, 2.75) is 32.9 Å². The first-order chi connectivity index (χ1) is 8.83. The van der Waals surface area contributed by atoms with Crippen LogP contribution < -0.4 is 0 Å². The number of halogens is 3. The topological polar surface area (TPSA) is 20.3 Å². The summed E-state index contributed by atoms with van der Waals surface area (Å²) in [5.74, 6) is -0.561. The second kappa shape index (κ2) is 6.59. The third kappa shape index (κ3) is 5.32. The number of hydrogen-bond acceptors (Lipinski definition) is 1. The highest BCUT2D eigenvalue weighted by molar-refractivity contribution is 5.94. The molecule has 0 heterocycles. The molecule has 1 amide bonds. The Morgan fingerprint density at radius 3 is 2.53 bits per heavy atom. The summed E-state index contributed by atoms with van der Waals surface area (Å²) in [6, 6.07) is 6.63. The molecule has 0 aliphatic rings. The highest BCUT2D eigenvalue weighted by atomic mass is 19.4. The van der Waals surface area contributed by atoms with Gasteiger partial charge in [0.1, 0.15) is 6.54 Å². The summed E-state index contributed by atoms with van der Waals surface area (Å²) in [6.07, 6.45) is -3.06. The van der Waals surface area contributed by atoms with Gasteiger partial charge in [-0.2, -0.15) is 13.2 Å². The van der Waals surface area contributed by atoms with Gasteiger partial charge < -0.3 is 4.90 Å². The van der Waals surface area contributed by atoms with Crippen LogP contribution in [0.5, 0.6) is 0 Å². The second-order valence-corrected chi connectivity index (χ2v) is 4.56. The molecular formula is C14H18F3NO. The Morgan fingerprint density at radius 1 is 1.32 bits per heavy atom. The number of alkyl halides is 3. The van der Waals surface area contributed by atoms with Gasteiger partial charge in [-0.1, -0.05) is 31.0 Å². The first-order valence-corrected chi connectivity index (χ1v) is 6.26. The fraction of sp³-hybridized carbons (Fsp3) is 0.500. The molecule has 0 atom stereocenters. The zero-order chi connectivity index (χ0) is 14.5. The predicted octanol–water partition coefficient (Wildman–Crippen LogP) is 3.80. The summed E-state index contributed by atoms with van der Waals surface area (Å²) in [5, 5.41) is 0. The van der Waals surface area contributed by atoms with E-state index in [2.05, 4.69) is 0 Å². The van der Waals surface area contributed by atoms with Crippen molar-refractivity contribution in [1.82, 2.24) is 4.90 Å². The van der Waals surface area contributed by atoms with E-state index in [-0.39, 0.29) is 6.54 Å². The van der Waals surface area contributed by atoms with Crippen molar-refractivity contribution in [2.24, 2.45) is 0 Å². The molecule has 0 aromatic heterocycles. The van der Waals surface area contributed by atoms with Gasteiger partial charge in [-0.3, -0.25) is 4.79 Å². The van der Waals surface area contributed by atoms with Crippen LogP contribution in [0.2, 0.25) is 0 Å². The monoisotopic (exact) mass is 273 g/mol. The molecule has 0 saturated carbocycles. The van der Waals surface area contributed by atoms with Crippen molar-refractivity contribution >= 4 is 5.91 Å². The van der Waals surface area contributed by atoms with E-state index < -0.39 is 18.6 Å². The van der Waals surface area contributed by atoms with E-state index in [1.165, 1.54) is 0 Å². The molecular weight excluding hydrogens is 255 g/mol. The van der Waals surface area contributed by atoms with Crippen LogP contribution in [0.15, 0.2) is 24.3 Å². The van der Waals surface area contributed by atoms with Gasteiger partial charge in [0, 0.05) is 12.1 Å². The van der Waals surface area contributed by atoms with Crippen molar-refractivity contribution in [3.8, 4) is 0 Å². The molecule has 0 radical (unpaired) electrons. The number of unbranched alkanes of at least 4 members (excludes halogenated alkanes) is 1. The number of amides is 1. The van der Waals surface area contributed by atoms with Crippen molar-refractivity contribution in [3.05, 3.63) is 35.4 Å². The maximum Gasteiger partial charge on any atom is 0.406 e. The Hall–Kier alpha value is -1.52. The molecule has 1 aromatic rings. The molecule has 1 rings (SSSR count). The van der Waals surface area contributed by atoms with Crippen LogP contribution >= 0.6 is 0 Å². The quantitative estimate of drug-likeness (QED) is 0.799. The Morgan fingerprint density at radius 2 is 2.00 bits per heavy atom. The molecule has 0 unspecified atom stereocenters. The minimum absolute atomic E-state index is 0.128. The number of carbonyl (C=O) groups excluding carboxylic acids is 1. The second-order valence-electron chi connectivity index (χ2n) is 4.56. The molecule has 0 bridgehead atoms. The van der Waals surface area contributed by atoms with Gasteiger partial charge in [0.25, 0.3) is 5.91 Å². The van der Waals surface area contributed by atoms with Gasteiger partial charge in [-0.05, 0) is 25.5 Å². The fourth-order valence-corrected chi connectivity index (χ4v) is 1.78. The normalized spacial score (nSPS) is 11.4. The van der Waals surface area contributed by atoms with Gasteiger partial charge in [-0.15, -0.1) is 0 Å². The summed E-state index contributed by atoms with van der Waals surface area (Å²) in [7, 11) is 0. The van der Waals surface area contributed by atoms with Crippen LogP contribution in [0, 0.1) is 6.92 Å². The predicted molar refractivity (Wildman–Crippen MR) is 68.0 cm³/mol. The summed E-state index contributed by atoms with van der Waals surface area (Å²) in [6.45, 7) is 2.61. The Bertz CT molecular complexity index is 429. The SMILES string of the molecule is CCCCN(CC(F)(F)F)C(=O)c1cccc(C)c1. The van der Waals surface area contributed by atoms with Crippen molar-refractivity contribution in [2.75, 3.05) is 13.1 Å². The number of hydrogen-bond donors (Lipinski definition) is 0. The fourth-order valence-electron chi connectivity index (χ4n) is 1.78. The highest BCUT2D eigenvalue weighted by Crippen LogP contribution is 2.19. The largest absolute Gasteiger partial charge is 0.406 e. The number of aryl methyl sites for hydroxylation is 1. The molecule has 0 saturated heterocycles. The molecule has 0 aliphatic heterocycles. The molecule has 106 valence electrons. The smallest absolute Gasteiger partial charge is 0.330 e. The van der Waals surface area contributed by atoms with Gasteiger partial charge >= 0.3 is 6.18 Å². The van der Waals surface area contributed by atoms with E-state index in [1.54, 1.807) is 31.2 Å². The lowest BCUT2D eigenvalue weighted by Gasteiger charge is -2.24. The molecule has 0 fully saturated rings. The summed E-state index contributed by atoms with van der Waals surface area (Å²) < 4.78 is 37.5. The Labute approximate surface area is 111 Å². The van der Waals surface area contributed by atoms with Gasteiger partial charge in [-0.25, -0.2) is 0 Å². The van der Waals surface area contributed by atoms with Crippen molar-refractivity contribution in [3.63, 3.8) is 0 Å². The van der Waals surface area contributed by atoms with Crippen molar-refractivity contribution < 1.29 is 18.0 Å². The zero-order valence-corrected chi connectivity index (χ0v) is 11.1. The lowest BCUT2D eigenvalue weighted by molar-refractivity contribution is -0.140. The number of carbonyl (C=O) groups is 1. The van der Waals surface area contributed by atoms with Gasteiger partial charge in [0.2, 0.25) is 0 Å². The lowest BCUT2D eigenvalue weighted by atomic mass is 10.1. The molecule has 0 aliphatic carbocycles. The molecule has 19 heavy (non-hydrogen) atoms. The summed E-state index contributed by atoms with van der Waals surface area (Å²) in [5.41, 5.74) is 1.16. The first kappa shape index (κ1) is 15.5. The van der Waals surface area contributed by atoms with Crippen LogP contribution in [-0.4, -0.2) is 30.1 Å². The number of nitrogens with zero attached hydrogens (tertiary/aromatic N) is 1. The highest BCUT2D eigenvalue weighted by Gasteiger charge is 2.33. The van der Waals surface area contributed by atoms with Crippen LogP contribution in [0.4, 0.5) is 13.2 Å². The van der Waals surface area contributed by atoms with E-state index in [0.29, 0.717) is 12.0 Å². The van der Waals surface area contributed by atoms with Crippen LogP contribution in [0.25, 0.3) is 0 Å². The number of rotatable bonds is 5. The molecule has 1 aromatic carbocycles.